The van der Waals surface area contributed by atoms with Gasteiger partial charge in [0.1, 0.15) is 5.82 Å². The lowest BCUT2D eigenvalue weighted by Crippen LogP contribution is -2.30. The molecule has 0 saturated heterocycles. The minimum atomic E-state index is -0.170. The van der Waals surface area contributed by atoms with E-state index < -0.39 is 0 Å². The van der Waals surface area contributed by atoms with Crippen LogP contribution in [0.4, 0.5) is 17.1 Å². The van der Waals surface area contributed by atoms with Gasteiger partial charge in [-0.1, -0.05) is 159 Å². The van der Waals surface area contributed by atoms with Crippen LogP contribution in [0.25, 0.3) is 50.6 Å². The van der Waals surface area contributed by atoms with E-state index in [9.17, 15) is 0 Å². The third-order valence-electron chi connectivity index (χ3n) is 9.80. The van der Waals surface area contributed by atoms with Gasteiger partial charge in [0.15, 0.2) is 5.82 Å². The van der Waals surface area contributed by atoms with Crippen LogP contribution in [0.5, 0.6) is 0 Å². The second-order valence-electron chi connectivity index (χ2n) is 13.1. The first kappa shape index (κ1) is 28.9. The molecule has 1 aliphatic rings. The van der Waals surface area contributed by atoms with E-state index in [1.165, 1.54) is 22.5 Å². The summed E-state index contributed by atoms with van der Waals surface area (Å²) in [6.07, 6.45) is 0. The Labute approximate surface area is 286 Å². The Balaban J connectivity index is 1.42. The van der Waals surface area contributed by atoms with Gasteiger partial charge in [-0.3, -0.25) is 4.57 Å². The Morgan fingerprint density at radius 3 is 1.63 bits per heavy atom. The van der Waals surface area contributed by atoms with Gasteiger partial charge >= 0.3 is 0 Å². The molecule has 0 unspecified atom stereocenters. The van der Waals surface area contributed by atoms with E-state index in [1.807, 2.05) is 24.3 Å². The standard InChI is InChI=1S/C45H34N4/c1-45(2)35-25-13-16-28-39(35)48(40-29-17-14-26-36(40)45)43-34-24-12-15-27-38(34)49(42(43)32-20-8-4-9-21-32)41-30-37(31-18-6-3-7-19-31)46-44(47-41)33-22-10-5-11-23-33/h3-30H,1-2H3. The molecule has 9 rings (SSSR count). The average molecular weight is 631 g/mol. The number of fused-ring (bicyclic) bond motifs is 3. The highest BCUT2D eigenvalue weighted by Gasteiger charge is 2.39. The van der Waals surface area contributed by atoms with Crippen LogP contribution in [0.1, 0.15) is 25.0 Å². The van der Waals surface area contributed by atoms with Crippen molar-refractivity contribution in [1.82, 2.24) is 14.5 Å². The predicted molar refractivity (Wildman–Crippen MR) is 202 cm³/mol. The smallest absolute Gasteiger partial charge is 0.162 e. The molecule has 4 heteroatoms. The van der Waals surface area contributed by atoms with E-state index in [-0.39, 0.29) is 5.41 Å². The number of aromatic nitrogens is 3. The molecule has 0 bridgehead atoms. The second kappa shape index (κ2) is 11.5. The molecule has 0 atom stereocenters. The van der Waals surface area contributed by atoms with Gasteiger partial charge in [-0.05, 0) is 29.3 Å². The molecule has 1 aliphatic heterocycles. The van der Waals surface area contributed by atoms with E-state index in [4.69, 9.17) is 9.97 Å². The molecule has 49 heavy (non-hydrogen) atoms. The van der Waals surface area contributed by atoms with Crippen LogP contribution in [0.2, 0.25) is 0 Å². The lowest BCUT2D eigenvalue weighted by molar-refractivity contribution is 0.632. The van der Waals surface area contributed by atoms with Gasteiger partial charge in [-0.2, -0.15) is 0 Å². The fourth-order valence-corrected chi connectivity index (χ4v) is 7.48. The number of hydrogen-bond donors (Lipinski definition) is 0. The number of hydrogen-bond acceptors (Lipinski definition) is 3. The van der Waals surface area contributed by atoms with E-state index in [2.05, 4.69) is 169 Å². The normalized spacial score (nSPS) is 13.2. The molecular weight excluding hydrogens is 597 g/mol. The maximum absolute atomic E-state index is 5.34. The molecule has 0 spiro atoms. The zero-order valence-corrected chi connectivity index (χ0v) is 27.5. The summed E-state index contributed by atoms with van der Waals surface area (Å²) in [6.45, 7) is 4.67. The summed E-state index contributed by atoms with van der Waals surface area (Å²) in [4.78, 5) is 12.9. The van der Waals surface area contributed by atoms with Gasteiger partial charge in [-0.15, -0.1) is 0 Å². The van der Waals surface area contributed by atoms with Gasteiger partial charge < -0.3 is 4.90 Å². The van der Waals surface area contributed by atoms with Crippen LogP contribution < -0.4 is 4.90 Å². The summed E-state index contributed by atoms with van der Waals surface area (Å²) in [5.74, 6) is 1.50. The molecule has 3 heterocycles. The highest BCUT2D eigenvalue weighted by Crippen LogP contribution is 2.55. The molecule has 2 aromatic heterocycles. The zero-order valence-electron chi connectivity index (χ0n) is 27.5. The Morgan fingerprint density at radius 1 is 0.490 bits per heavy atom. The summed E-state index contributed by atoms with van der Waals surface area (Å²) in [7, 11) is 0. The molecule has 0 radical (unpaired) electrons. The third kappa shape index (κ3) is 4.68. The molecule has 0 fully saturated rings. The number of benzene rings is 6. The first-order valence-electron chi connectivity index (χ1n) is 16.8. The van der Waals surface area contributed by atoms with Crippen LogP contribution in [0.3, 0.4) is 0 Å². The molecule has 0 saturated carbocycles. The summed E-state index contributed by atoms with van der Waals surface area (Å²) in [6, 6.07) is 59.9. The topological polar surface area (TPSA) is 34.0 Å². The molecule has 234 valence electrons. The van der Waals surface area contributed by atoms with Crippen LogP contribution in [0.15, 0.2) is 170 Å². The van der Waals surface area contributed by atoms with Crippen molar-refractivity contribution >= 4 is 28.0 Å². The average Bonchev–Trinajstić information content (AvgIpc) is 3.51. The van der Waals surface area contributed by atoms with Crippen molar-refractivity contribution in [1.29, 1.82) is 0 Å². The minimum Gasteiger partial charge on any atom is -0.307 e. The van der Waals surface area contributed by atoms with E-state index in [0.29, 0.717) is 5.82 Å². The van der Waals surface area contributed by atoms with Crippen LogP contribution in [-0.4, -0.2) is 14.5 Å². The maximum Gasteiger partial charge on any atom is 0.162 e. The summed E-state index contributed by atoms with van der Waals surface area (Å²) < 4.78 is 2.34. The number of rotatable bonds is 5. The quantitative estimate of drug-likeness (QED) is 0.190. The molecule has 8 aromatic rings. The van der Waals surface area contributed by atoms with Crippen LogP contribution >= 0.6 is 0 Å². The fourth-order valence-electron chi connectivity index (χ4n) is 7.48. The monoisotopic (exact) mass is 630 g/mol. The highest BCUT2D eigenvalue weighted by atomic mass is 15.2. The summed E-state index contributed by atoms with van der Waals surface area (Å²) >= 11 is 0. The van der Waals surface area contributed by atoms with E-state index in [0.717, 1.165) is 50.5 Å². The summed E-state index contributed by atoms with van der Waals surface area (Å²) in [5, 5.41) is 1.15. The molecule has 4 nitrogen and oxygen atoms in total. The number of para-hydroxylation sites is 3. The van der Waals surface area contributed by atoms with Crippen molar-refractivity contribution in [3.8, 4) is 39.7 Å². The van der Waals surface area contributed by atoms with Crippen molar-refractivity contribution in [2.24, 2.45) is 0 Å². The second-order valence-corrected chi connectivity index (χ2v) is 13.1. The molecule has 0 amide bonds. The van der Waals surface area contributed by atoms with E-state index in [1.54, 1.807) is 0 Å². The highest BCUT2D eigenvalue weighted by molar-refractivity contribution is 6.08. The van der Waals surface area contributed by atoms with Gasteiger partial charge in [-0.25, -0.2) is 9.97 Å². The Bertz CT molecular complexity index is 2360. The first-order valence-corrected chi connectivity index (χ1v) is 16.8. The lowest BCUT2D eigenvalue weighted by atomic mass is 9.73. The van der Waals surface area contributed by atoms with Crippen LogP contribution in [-0.2, 0) is 5.41 Å². The van der Waals surface area contributed by atoms with Crippen molar-refractivity contribution in [2.75, 3.05) is 4.90 Å². The largest absolute Gasteiger partial charge is 0.307 e. The Kier molecular flexibility index (Phi) is 6.77. The van der Waals surface area contributed by atoms with Gasteiger partial charge in [0.25, 0.3) is 0 Å². The van der Waals surface area contributed by atoms with E-state index >= 15 is 0 Å². The third-order valence-corrected chi connectivity index (χ3v) is 9.80. The van der Waals surface area contributed by atoms with Crippen molar-refractivity contribution in [3.63, 3.8) is 0 Å². The first-order chi connectivity index (χ1) is 24.1. The Hall–Kier alpha value is -6.26. The maximum atomic E-state index is 5.34. The molecule has 6 aromatic carbocycles. The molecule has 0 aliphatic carbocycles. The van der Waals surface area contributed by atoms with Gasteiger partial charge in [0, 0.05) is 33.6 Å². The molecular formula is C45H34N4. The number of anilines is 3. The Morgan fingerprint density at radius 2 is 1.00 bits per heavy atom. The minimum absolute atomic E-state index is 0.170. The SMILES string of the molecule is CC1(C)c2ccccc2N(c2c(-c3ccccc3)n(-c3cc(-c4ccccc4)nc(-c4ccccc4)n3)c3ccccc23)c2ccccc21. The molecule has 0 N–H and O–H groups in total. The zero-order chi connectivity index (χ0) is 33.0. The fraction of sp³-hybridized carbons (Fsp3) is 0.0667. The van der Waals surface area contributed by atoms with Crippen LogP contribution in [0, 0.1) is 0 Å². The van der Waals surface area contributed by atoms with Gasteiger partial charge in [0.2, 0.25) is 0 Å². The van der Waals surface area contributed by atoms with Crippen molar-refractivity contribution < 1.29 is 0 Å². The van der Waals surface area contributed by atoms with Gasteiger partial charge in [0.05, 0.1) is 34.0 Å². The lowest BCUT2D eigenvalue weighted by Gasteiger charge is -2.42. The predicted octanol–water partition coefficient (Wildman–Crippen LogP) is 11.5. The van der Waals surface area contributed by atoms with Crippen molar-refractivity contribution in [2.45, 2.75) is 19.3 Å². The summed E-state index contributed by atoms with van der Waals surface area (Å²) in [5.41, 5.74) is 12.1. The number of nitrogens with zero attached hydrogens (tertiary/aromatic N) is 4. The van der Waals surface area contributed by atoms with Crippen molar-refractivity contribution in [3.05, 3.63) is 181 Å².